The van der Waals surface area contributed by atoms with Crippen molar-refractivity contribution < 1.29 is 19.7 Å². The molecule has 104 valence electrons. The van der Waals surface area contributed by atoms with Gasteiger partial charge in [0, 0.05) is 25.9 Å². The topological polar surface area (TPSA) is 70.0 Å². The summed E-state index contributed by atoms with van der Waals surface area (Å²) >= 11 is 0. The third-order valence-electron chi connectivity index (χ3n) is 3.43. The van der Waals surface area contributed by atoms with E-state index < -0.39 is 18.0 Å². The van der Waals surface area contributed by atoms with Crippen LogP contribution in [0.25, 0.3) is 0 Å². The molecule has 0 saturated carbocycles. The molecule has 2 rings (SSSR count). The third-order valence-corrected chi connectivity index (χ3v) is 3.43. The van der Waals surface area contributed by atoms with Crippen LogP contribution in [0.5, 0.6) is 0 Å². The average Bonchev–Trinajstić information content (AvgIpc) is 2.39. The maximum Gasteiger partial charge on any atom is 0.311 e. The maximum absolute atomic E-state index is 11.3. The van der Waals surface area contributed by atoms with E-state index in [0.29, 0.717) is 19.5 Å². The van der Waals surface area contributed by atoms with Gasteiger partial charge in [0.2, 0.25) is 0 Å². The number of aliphatic hydroxyl groups is 1. The summed E-state index contributed by atoms with van der Waals surface area (Å²) < 4.78 is 4.92. The number of carboxylic acids is 1. The number of hydrogen-bond donors (Lipinski definition) is 2. The Balaban J connectivity index is 2.20. The number of nitrogens with zero attached hydrogens (tertiary/aromatic N) is 1. The van der Waals surface area contributed by atoms with E-state index >= 15 is 0 Å². The van der Waals surface area contributed by atoms with Crippen molar-refractivity contribution in [2.75, 3.05) is 31.7 Å². The number of methoxy groups -OCH3 is 1. The summed E-state index contributed by atoms with van der Waals surface area (Å²) in [6.45, 7) is 1.37. The van der Waals surface area contributed by atoms with Crippen LogP contribution in [0.4, 0.5) is 5.69 Å². The van der Waals surface area contributed by atoms with E-state index in [0.717, 1.165) is 11.3 Å². The molecular weight excluding hydrogens is 246 g/mol. The predicted molar refractivity (Wildman–Crippen MR) is 71.5 cm³/mol. The van der Waals surface area contributed by atoms with Gasteiger partial charge >= 0.3 is 5.97 Å². The SMILES string of the molecule is COCC(O)CN1CCC(C(=O)O)c2ccccc21. The fourth-order valence-corrected chi connectivity index (χ4v) is 2.58. The monoisotopic (exact) mass is 265 g/mol. The lowest BCUT2D eigenvalue weighted by Crippen LogP contribution is -2.39. The Morgan fingerprint density at radius 2 is 2.26 bits per heavy atom. The zero-order valence-corrected chi connectivity index (χ0v) is 11.0. The van der Waals surface area contributed by atoms with Crippen molar-refractivity contribution in [3.05, 3.63) is 29.8 Å². The molecule has 1 aliphatic rings. The molecule has 19 heavy (non-hydrogen) atoms. The number of carboxylic acid groups (broad SMARTS) is 1. The van der Waals surface area contributed by atoms with E-state index in [2.05, 4.69) is 0 Å². The van der Waals surface area contributed by atoms with Gasteiger partial charge in [0.05, 0.1) is 18.6 Å². The quantitative estimate of drug-likeness (QED) is 0.833. The average molecular weight is 265 g/mol. The van der Waals surface area contributed by atoms with E-state index in [1.807, 2.05) is 29.2 Å². The molecule has 2 atom stereocenters. The van der Waals surface area contributed by atoms with E-state index in [1.165, 1.54) is 0 Å². The first kappa shape index (κ1) is 13.8. The molecule has 5 nitrogen and oxygen atoms in total. The number of β-amino-alcohol motifs (C(OH)–C–C–N with tert-alkyl or cyclic N) is 1. The molecule has 0 bridgehead atoms. The Morgan fingerprint density at radius 1 is 1.53 bits per heavy atom. The minimum absolute atomic E-state index is 0.279. The largest absolute Gasteiger partial charge is 0.481 e. The number of benzene rings is 1. The number of carbonyl (C=O) groups is 1. The molecule has 0 radical (unpaired) electrons. The number of aliphatic carboxylic acids is 1. The molecule has 2 N–H and O–H groups in total. The summed E-state index contributed by atoms with van der Waals surface area (Å²) in [6, 6.07) is 7.50. The van der Waals surface area contributed by atoms with Gasteiger partial charge < -0.3 is 19.8 Å². The first-order valence-corrected chi connectivity index (χ1v) is 6.37. The lowest BCUT2D eigenvalue weighted by molar-refractivity contribution is -0.139. The van der Waals surface area contributed by atoms with Crippen molar-refractivity contribution in [2.24, 2.45) is 0 Å². The van der Waals surface area contributed by atoms with Gasteiger partial charge in [0.25, 0.3) is 0 Å². The Kier molecular flexibility index (Phi) is 4.39. The van der Waals surface area contributed by atoms with Crippen LogP contribution >= 0.6 is 0 Å². The zero-order chi connectivity index (χ0) is 13.8. The third kappa shape index (κ3) is 3.05. The van der Waals surface area contributed by atoms with Gasteiger partial charge in [-0.2, -0.15) is 0 Å². The van der Waals surface area contributed by atoms with Gasteiger partial charge in [0.1, 0.15) is 0 Å². The second kappa shape index (κ2) is 6.04. The van der Waals surface area contributed by atoms with E-state index in [4.69, 9.17) is 4.74 Å². The second-order valence-corrected chi connectivity index (χ2v) is 4.79. The molecule has 0 spiro atoms. The van der Waals surface area contributed by atoms with Gasteiger partial charge in [-0.3, -0.25) is 4.79 Å². The Morgan fingerprint density at radius 3 is 2.95 bits per heavy atom. The van der Waals surface area contributed by atoms with E-state index in [1.54, 1.807) is 7.11 Å². The van der Waals surface area contributed by atoms with Crippen molar-refractivity contribution >= 4 is 11.7 Å². The van der Waals surface area contributed by atoms with Crippen LogP contribution < -0.4 is 4.90 Å². The molecule has 0 aromatic heterocycles. The van der Waals surface area contributed by atoms with Gasteiger partial charge in [-0.15, -0.1) is 0 Å². The Hall–Kier alpha value is -1.59. The van der Waals surface area contributed by atoms with Crippen LogP contribution in [0.3, 0.4) is 0 Å². The molecular formula is C14H19NO4. The van der Waals surface area contributed by atoms with Crippen molar-refractivity contribution in [1.29, 1.82) is 0 Å². The normalized spacial score (nSPS) is 19.9. The van der Waals surface area contributed by atoms with Crippen LogP contribution in [0.15, 0.2) is 24.3 Å². The first-order chi connectivity index (χ1) is 9.13. The highest BCUT2D eigenvalue weighted by atomic mass is 16.5. The van der Waals surface area contributed by atoms with Gasteiger partial charge in [0.15, 0.2) is 0 Å². The van der Waals surface area contributed by atoms with Crippen molar-refractivity contribution in [1.82, 2.24) is 0 Å². The lowest BCUT2D eigenvalue weighted by atomic mass is 9.90. The number of fused-ring (bicyclic) bond motifs is 1. The summed E-state index contributed by atoms with van der Waals surface area (Å²) in [5.41, 5.74) is 1.72. The summed E-state index contributed by atoms with van der Waals surface area (Å²) in [4.78, 5) is 13.3. The van der Waals surface area contributed by atoms with Gasteiger partial charge in [-0.1, -0.05) is 18.2 Å². The van der Waals surface area contributed by atoms with Gasteiger partial charge in [-0.25, -0.2) is 0 Å². The highest BCUT2D eigenvalue weighted by Crippen LogP contribution is 2.35. The number of aliphatic hydroxyl groups excluding tert-OH is 1. The number of para-hydroxylation sites is 1. The molecule has 0 saturated heterocycles. The summed E-state index contributed by atoms with van der Waals surface area (Å²) in [5.74, 6) is -1.24. The van der Waals surface area contributed by atoms with Gasteiger partial charge in [-0.05, 0) is 18.1 Å². The Bertz CT molecular complexity index is 449. The molecule has 0 fully saturated rings. The summed E-state index contributed by atoms with van der Waals surface area (Å²) in [5, 5.41) is 19.1. The molecule has 1 aliphatic heterocycles. The van der Waals surface area contributed by atoms with E-state index in [-0.39, 0.29) is 6.61 Å². The standard InChI is InChI=1S/C14H19NO4/c1-19-9-10(16)8-15-7-6-12(14(17)18)11-4-2-3-5-13(11)15/h2-5,10,12,16H,6-9H2,1H3,(H,17,18). The number of rotatable bonds is 5. The van der Waals surface area contributed by atoms with Crippen LogP contribution in [-0.2, 0) is 9.53 Å². The highest BCUT2D eigenvalue weighted by molar-refractivity contribution is 5.80. The number of hydrogen-bond acceptors (Lipinski definition) is 4. The maximum atomic E-state index is 11.3. The minimum Gasteiger partial charge on any atom is -0.481 e. The Labute approximate surface area is 112 Å². The zero-order valence-electron chi connectivity index (χ0n) is 11.0. The molecule has 1 aromatic carbocycles. The van der Waals surface area contributed by atoms with Crippen molar-refractivity contribution in [3.63, 3.8) is 0 Å². The summed E-state index contributed by atoms with van der Waals surface area (Å²) in [7, 11) is 1.55. The van der Waals surface area contributed by atoms with Crippen LogP contribution in [0.1, 0.15) is 17.9 Å². The number of anilines is 1. The fraction of sp³-hybridized carbons (Fsp3) is 0.500. The minimum atomic E-state index is -0.787. The van der Waals surface area contributed by atoms with Crippen molar-refractivity contribution in [3.8, 4) is 0 Å². The van der Waals surface area contributed by atoms with Crippen LogP contribution in [0, 0.1) is 0 Å². The van der Waals surface area contributed by atoms with Crippen LogP contribution in [0.2, 0.25) is 0 Å². The van der Waals surface area contributed by atoms with E-state index in [9.17, 15) is 15.0 Å². The number of ether oxygens (including phenoxy) is 1. The summed E-state index contributed by atoms with van der Waals surface area (Å²) in [6.07, 6.45) is -0.00841. The molecule has 0 amide bonds. The molecule has 5 heteroatoms. The molecule has 1 aromatic rings. The fourth-order valence-electron chi connectivity index (χ4n) is 2.58. The predicted octanol–water partition coefficient (Wildman–Crippen LogP) is 1.07. The van der Waals surface area contributed by atoms with Crippen molar-refractivity contribution in [2.45, 2.75) is 18.4 Å². The molecule has 1 heterocycles. The second-order valence-electron chi connectivity index (χ2n) is 4.79. The first-order valence-electron chi connectivity index (χ1n) is 6.37. The molecule has 2 unspecified atom stereocenters. The van der Waals surface area contributed by atoms with Crippen LogP contribution in [-0.4, -0.2) is 49.1 Å². The molecule has 0 aliphatic carbocycles. The smallest absolute Gasteiger partial charge is 0.311 e. The lowest BCUT2D eigenvalue weighted by Gasteiger charge is -2.35. The highest BCUT2D eigenvalue weighted by Gasteiger charge is 2.30.